The Bertz CT molecular complexity index is 1290. The summed E-state index contributed by atoms with van der Waals surface area (Å²) in [6.07, 6.45) is 10.6. The molecule has 2 aromatic carbocycles. The number of aliphatic hydroxyl groups excluding tert-OH is 1. The van der Waals surface area contributed by atoms with Gasteiger partial charge in [0.1, 0.15) is 18.2 Å². The van der Waals surface area contributed by atoms with Gasteiger partial charge in [-0.2, -0.15) is 5.26 Å². The van der Waals surface area contributed by atoms with E-state index in [2.05, 4.69) is 17.5 Å². The first-order valence-electron chi connectivity index (χ1n) is 13.6. The summed E-state index contributed by atoms with van der Waals surface area (Å²) in [5, 5.41) is 19.5. The molecule has 2 unspecified atom stereocenters. The lowest BCUT2D eigenvalue weighted by Crippen LogP contribution is -2.36. The van der Waals surface area contributed by atoms with Crippen LogP contribution < -0.4 is 10.8 Å². The quantitative estimate of drug-likeness (QED) is 0.179. The third kappa shape index (κ3) is 7.92. The van der Waals surface area contributed by atoms with Gasteiger partial charge >= 0.3 is 0 Å². The summed E-state index contributed by atoms with van der Waals surface area (Å²) >= 11 is 0. The Balaban J connectivity index is 1.61. The highest BCUT2D eigenvalue weighted by Crippen LogP contribution is 2.35. The van der Waals surface area contributed by atoms with Crippen LogP contribution in [-0.2, 0) is 16.2 Å². The highest BCUT2D eigenvalue weighted by Gasteiger charge is 2.28. The summed E-state index contributed by atoms with van der Waals surface area (Å²) in [6.45, 7) is 11.2. The SMILES string of the molecule is C=Cc1cc(N2CCC(C(CO)c3ccc(COC(=CC)/C=C\C=C(/C)C(C)ON)c(F)c3)CC2)ccc1C#N. The Hall–Kier alpha value is -3.70. The van der Waals surface area contributed by atoms with Crippen molar-refractivity contribution in [2.24, 2.45) is 11.8 Å². The number of aliphatic hydroxyl groups is 1. The number of hydrogen-bond acceptors (Lipinski definition) is 6. The molecule has 0 aromatic heterocycles. The van der Waals surface area contributed by atoms with E-state index < -0.39 is 0 Å². The van der Waals surface area contributed by atoms with E-state index in [0.29, 0.717) is 16.9 Å². The van der Waals surface area contributed by atoms with Crippen molar-refractivity contribution in [1.82, 2.24) is 0 Å². The molecule has 1 aliphatic rings. The normalized spacial score (nSPS) is 16.6. The molecule has 0 saturated carbocycles. The van der Waals surface area contributed by atoms with Crippen LogP contribution in [0.25, 0.3) is 6.08 Å². The van der Waals surface area contributed by atoms with E-state index in [1.165, 1.54) is 6.07 Å². The lowest BCUT2D eigenvalue weighted by Gasteiger charge is -2.37. The van der Waals surface area contributed by atoms with Gasteiger partial charge < -0.3 is 14.7 Å². The number of hydrogen-bond donors (Lipinski definition) is 2. The number of allylic oxidation sites excluding steroid dienone is 4. The fourth-order valence-corrected chi connectivity index (χ4v) is 4.94. The largest absolute Gasteiger partial charge is 0.489 e. The predicted molar refractivity (Wildman–Crippen MR) is 159 cm³/mol. The van der Waals surface area contributed by atoms with Crippen molar-refractivity contribution in [2.75, 3.05) is 24.6 Å². The fourth-order valence-electron chi connectivity index (χ4n) is 4.94. The van der Waals surface area contributed by atoms with Crippen LogP contribution in [0.5, 0.6) is 0 Å². The average molecular weight is 546 g/mol. The Morgan fingerprint density at radius 2 is 2.02 bits per heavy atom. The molecular weight excluding hydrogens is 505 g/mol. The summed E-state index contributed by atoms with van der Waals surface area (Å²) in [6, 6.07) is 13.2. The predicted octanol–water partition coefficient (Wildman–Crippen LogP) is 6.53. The molecule has 0 amide bonds. The molecule has 7 heteroatoms. The molecule has 1 heterocycles. The van der Waals surface area contributed by atoms with Gasteiger partial charge in [0.15, 0.2) is 0 Å². The summed E-state index contributed by atoms with van der Waals surface area (Å²) in [4.78, 5) is 7.09. The molecule has 0 bridgehead atoms. The maximum Gasteiger partial charge on any atom is 0.130 e. The smallest absolute Gasteiger partial charge is 0.130 e. The van der Waals surface area contributed by atoms with Crippen LogP contribution in [0.2, 0.25) is 0 Å². The summed E-state index contributed by atoms with van der Waals surface area (Å²) in [7, 11) is 0. The van der Waals surface area contributed by atoms with E-state index in [4.69, 9.17) is 15.5 Å². The van der Waals surface area contributed by atoms with Crippen LogP contribution in [-0.4, -0.2) is 30.9 Å². The maximum absolute atomic E-state index is 15.1. The molecule has 1 aliphatic heterocycles. The molecule has 1 fully saturated rings. The molecule has 0 spiro atoms. The fraction of sp³-hybridized carbons (Fsp3) is 0.364. The lowest BCUT2D eigenvalue weighted by atomic mass is 9.80. The zero-order chi connectivity index (χ0) is 29.1. The van der Waals surface area contributed by atoms with Crippen molar-refractivity contribution in [1.29, 1.82) is 5.26 Å². The van der Waals surface area contributed by atoms with E-state index in [0.717, 1.165) is 48.3 Å². The topological polar surface area (TPSA) is 91.7 Å². The molecule has 3 rings (SSSR count). The first-order valence-corrected chi connectivity index (χ1v) is 13.6. The molecular formula is C33H40FN3O3. The highest BCUT2D eigenvalue weighted by molar-refractivity contribution is 5.64. The third-order valence-corrected chi connectivity index (χ3v) is 7.70. The Kier molecular flexibility index (Phi) is 11.7. The second kappa shape index (κ2) is 15.2. The van der Waals surface area contributed by atoms with Gasteiger partial charge in [0.25, 0.3) is 0 Å². The van der Waals surface area contributed by atoms with Crippen molar-refractivity contribution < 1.29 is 19.1 Å². The van der Waals surface area contributed by atoms with Gasteiger partial charge in [0.05, 0.1) is 24.3 Å². The van der Waals surface area contributed by atoms with Crippen molar-refractivity contribution in [3.63, 3.8) is 0 Å². The Morgan fingerprint density at radius 1 is 1.27 bits per heavy atom. The minimum atomic E-state index is -0.341. The van der Waals surface area contributed by atoms with Gasteiger partial charge in [-0.1, -0.05) is 36.9 Å². The van der Waals surface area contributed by atoms with Crippen LogP contribution in [0.4, 0.5) is 10.1 Å². The summed E-state index contributed by atoms with van der Waals surface area (Å²) in [5.74, 6) is 5.60. The number of halogens is 1. The van der Waals surface area contributed by atoms with E-state index in [9.17, 15) is 10.4 Å². The number of nitriles is 1. The van der Waals surface area contributed by atoms with E-state index in [1.807, 2.05) is 69.3 Å². The van der Waals surface area contributed by atoms with Gasteiger partial charge in [-0.05, 0) is 92.6 Å². The zero-order valence-corrected chi connectivity index (χ0v) is 23.6. The molecule has 212 valence electrons. The standard InChI is InChI=1S/C33H40FN3O3/c1-5-25-18-30(13-12-28(25)20-35)37-16-14-26(15-17-37)32(21-38)27-10-11-29(33(34)19-27)22-39-31(6-2)9-7-8-23(3)24(4)40-36/h5-13,18-19,24,26,32,38H,1,14-17,21-22,36H2,2-4H3/b9-7-,23-8+,31-6?. The molecule has 0 aliphatic carbocycles. The average Bonchev–Trinajstić information content (AvgIpc) is 2.99. The summed E-state index contributed by atoms with van der Waals surface area (Å²) in [5.41, 5.74) is 4.72. The van der Waals surface area contributed by atoms with Crippen LogP contribution >= 0.6 is 0 Å². The highest BCUT2D eigenvalue weighted by atomic mass is 19.1. The van der Waals surface area contributed by atoms with Crippen molar-refractivity contribution in [3.8, 4) is 6.07 Å². The minimum absolute atomic E-state index is 0.0360. The second-order valence-corrected chi connectivity index (χ2v) is 10.1. The van der Waals surface area contributed by atoms with Crippen LogP contribution in [0.1, 0.15) is 61.8 Å². The van der Waals surface area contributed by atoms with Crippen LogP contribution in [0.15, 0.2) is 78.6 Å². The van der Waals surface area contributed by atoms with Gasteiger partial charge in [-0.25, -0.2) is 10.3 Å². The van der Waals surface area contributed by atoms with E-state index >= 15 is 4.39 Å². The monoisotopic (exact) mass is 545 g/mol. The lowest BCUT2D eigenvalue weighted by molar-refractivity contribution is 0.0915. The first kappa shape index (κ1) is 30.8. The molecule has 3 N–H and O–H groups in total. The van der Waals surface area contributed by atoms with Gasteiger partial charge in [-0.3, -0.25) is 4.84 Å². The number of benzene rings is 2. The van der Waals surface area contributed by atoms with E-state index in [-0.39, 0.29) is 37.0 Å². The number of piperidine rings is 1. The number of anilines is 1. The van der Waals surface area contributed by atoms with Crippen LogP contribution in [0, 0.1) is 23.1 Å². The van der Waals surface area contributed by atoms with Crippen molar-refractivity contribution >= 4 is 11.8 Å². The van der Waals surface area contributed by atoms with Crippen molar-refractivity contribution in [3.05, 3.63) is 107 Å². The molecule has 2 aromatic rings. The van der Waals surface area contributed by atoms with Gasteiger partial charge in [0, 0.05) is 30.3 Å². The first-order chi connectivity index (χ1) is 19.3. The van der Waals surface area contributed by atoms with E-state index in [1.54, 1.807) is 12.1 Å². The number of ether oxygens (including phenoxy) is 1. The van der Waals surface area contributed by atoms with Gasteiger partial charge in [-0.15, -0.1) is 0 Å². The Morgan fingerprint density at radius 3 is 2.62 bits per heavy atom. The third-order valence-electron chi connectivity index (χ3n) is 7.70. The molecule has 2 atom stereocenters. The van der Waals surface area contributed by atoms with Crippen LogP contribution in [0.3, 0.4) is 0 Å². The molecule has 40 heavy (non-hydrogen) atoms. The molecule has 6 nitrogen and oxygen atoms in total. The number of nitrogens with zero attached hydrogens (tertiary/aromatic N) is 2. The Labute approximate surface area is 237 Å². The van der Waals surface area contributed by atoms with Crippen molar-refractivity contribution in [2.45, 2.75) is 52.2 Å². The number of nitrogens with two attached hydrogens (primary N) is 1. The maximum atomic E-state index is 15.1. The molecule has 0 radical (unpaired) electrons. The second-order valence-electron chi connectivity index (χ2n) is 10.1. The zero-order valence-electron chi connectivity index (χ0n) is 23.6. The summed E-state index contributed by atoms with van der Waals surface area (Å²) < 4.78 is 20.9. The number of rotatable bonds is 12. The molecule has 1 saturated heterocycles. The van der Waals surface area contributed by atoms with Gasteiger partial charge in [0.2, 0.25) is 0 Å². The minimum Gasteiger partial charge on any atom is -0.489 e.